The fourth-order valence-corrected chi connectivity index (χ4v) is 1.73. The van der Waals surface area contributed by atoms with Crippen molar-refractivity contribution in [1.82, 2.24) is 0 Å². The third kappa shape index (κ3) is 2.49. The summed E-state index contributed by atoms with van der Waals surface area (Å²) >= 11 is 17.3. The lowest BCUT2D eigenvalue weighted by atomic mass is 10.0. The molecule has 0 nitrogen and oxygen atoms in total. The van der Waals surface area contributed by atoms with Crippen molar-refractivity contribution in [3.8, 4) is 0 Å². The molecule has 0 heterocycles. The van der Waals surface area contributed by atoms with Crippen molar-refractivity contribution < 1.29 is 4.39 Å². The maximum Gasteiger partial charge on any atom is 0.0963 e. The van der Waals surface area contributed by atoms with Gasteiger partial charge in [-0.3, -0.25) is 4.39 Å². The summed E-state index contributed by atoms with van der Waals surface area (Å²) < 4.78 is 12.3. The van der Waals surface area contributed by atoms with E-state index in [2.05, 4.69) is 6.92 Å². The highest BCUT2D eigenvalue weighted by Gasteiger charge is 2.13. The van der Waals surface area contributed by atoms with Crippen LogP contribution in [0.1, 0.15) is 11.5 Å². The summed E-state index contributed by atoms with van der Waals surface area (Å²) in [5.41, 5.74) is 0.543. The number of hydrogen-bond acceptors (Lipinski definition) is 0. The molecule has 1 aromatic carbocycles. The molecule has 0 aromatic heterocycles. The Morgan fingerprint density at radius 2 is 1.92 bits per heavy atom. The van der Waals surface area contributed by atoms with E-state index in [0.29, 0.717) is 20.6 Å². The zero-order chi connectivity index (χ0) is 10.0. The normalized spacial score (nSPS) is 13.0. The minimum absolute atomic E-state index is 0.323. The minimum atomic E-state index is -0.587. The summed E-state index contributed by atoms with van der Waals surface area (Å²) in [4.78, 5) is 0. The zero-order valence-corrected chi connectivity index (χ0v) is 8.93. The van der Waals surface area contributed by atoms with Gasteiger partial charge in [0.2, 0.25) is 0 Å². The Hall–Kier alpha value is 0.0200. The van der Waals surface area contributed by atoms with Crippen molar-refractivity contribution in [1.29, 1.82) is 0 Å². The van der Waals surface area contributed by atoms with Crippen LogP contribution in [0.15, 0.2) is 12.1 Å². The standard InChI is InChI=1S/C9H7Cl3F/c1-5(4-13)7-2-6(10)3-8(11)9(7)12/h2-3,5H,1,4H2. The molecule has 1 unspecified atom stereocenters. The largest absolute Gasteiger partial charge is 0.250 e. The number of hydrogen-bond donors (Lipinski definition) is 0. The van der Waals surface area contributed by atoms with Crippen molar-refractivity contribution in [3.63, 3.8) is 0 Å². The molecule has 0 aliphatic carbocycles. The molecule has 13 heavy (non-hydrogen) atoms. The third-order valence-corrected chi connectivity index (χ3v) is 2.68. The molecule has 71 valence electrons. The first-order chi connectivity index (χ1) is 6.06. The van der Waals surface area contributed by atoms with Gasteiger partial charge in [-0.05, 0) is 24.6 Å². The Labute approximate surface area is 91.6 Å². The maximum atomic E-state index is 12.3. The lowest BCUT2D eigenvalue weighted by Gasteiger charge is -2.10. The van der Waals surface area contributed by atoms with Gasteiger partial charge in [-0.1, -0.05) is 34.8 Å². The van der Waals surface area contributed by atoms with Gasteiger partial charge in [0.25, 0.3) is 0 Å². The number of alkyl halides is 1. The van der Waals surface area contributed by atoms with Crippen LogP contribution in [0.4, 0.5) is 4.39 Å². The summed E-state index contributed by atoms with van der Waals surface area (Å²) in [6, 6.07) is 3.09. The molecule has 0 fully saturated rings. The Balaban J connectivity index is 3.20. The summed E-state index contributed by atoms with van der Waals surface area (Å²) in [7, 11) is 0. The highest BCUT2D eigenvalue weighted by molar-refractivity contribution is 6.43. The molecule has 4 heteroatoms. The Bertz CT molecular complexity index is 312. The smallest absolute Gasteiger partial charge is 0.0963 e. The SMILES string of the molecule is [CH2]C(CF)c1cc(Cl)cc(Cl)c1Cl. The highest BCUT2D eigenvalue weighted by atomic mass is 35.5. The average Bonchev–Trinajstić information content (AvgIpc) is 2.10. The Kier molecular flexibility index (Phi) is 3.84. The van der Waals surface area contributed by atoms with Gasteiger partial charge in [0.1, 0.15) is 0 Å². The fraction of sp³-hybridized carbons (Fsp3) is 0.222. The van der Waals surface area contributed by atoms with Crippen molar-refractivity contribution in [3.05, 3.63) is 39.7 Å². The van der Waals surface area contributed by atoms with E-state index < -0.39 is 12.6 Å². The first-order valence-electron chi connectivity index (χ1n) is 3.59. The number of rotatable bonds is 2. The second-order valence-corrected chi connectivity index (χ2v) is 3.86. The molecule has 1 aromatic rings. The molecule has 0 aliphatic rings. The van der Waals surface area contributed by atoms with Gasteiger partial charge >= 0.3 is 0 Å². The van der Waals surface area contributed by atoms with E-state index in [1.165, 1.54) is 6.07 Å². The van der Waals surface area contributed by atoms with E-state index in [0.717, 1.165) is 0 Å². The van der Waals surface area contributed by atoms with Crippen molar-refractivity contribution in [2.24, 2.45) is 0 Å². The molecular weight excluding hydrogens is 233 g/mol. The summed E-state index contributed by atoms with van der Waals surface area (Å²) in [5.74, 6) is -0.524. The van der Waals surface area contributed by atoms with Crippen molar-refractivity contribution >= 4 is 34.8 Å². The van der Waals surface area contributed by atoms with Crippen LogP contribution in [0.25, 0.3) is 0 Å². The maximum absolute atomic E-state index is 12.3. The molecule has 0 spiro atoms. The minimum Gasteiger partial charge on any atom is -0.250 e. The molecule has 0 saturated heterocycles. The van der Waals surface area contributed by atoms with E-state index >= 15 is 0 Å². The van der Waals surface area contributed by atoms with E-state index in [1.807, 2.05) is 0 Å². The van der Waals surface area contributed by atoms with E-state index in [9.17, 15) is 4.39 Å². The Morgan fingerprint density at radius 3 is 2.46 bits per heavy atom. The quantitative estimate of drug-likeness (QED) is 0.666. The van der Waals surface area contributed by atoms with Gasteiger partial charge in [-0.15, -0.1) is 0 Å². The first-order valence-corrected chi connectivity index (χ1v) is 4.73. The van der Waals surface area contributed by atoms with Crippen LogP contribution in [0.2, 0.25) is 15.1 Å². The van der Waals surface area contributed by atoms with Gasteiger partial charge in [-0.2, -0.15) is 0 Å². The Morgan fingerprint density at radius 1 is 1.31 bits per heavy atom. The lowest BCUT2D eigenvalue weighted by Crippen LogP contribution is -1.97. The molecule has 1 radical (unpaired) electrons. The third-order valence-electron chi connectivity index (χ3n) is 1.65. The molecule has 0 bridgehead atoms. The van der Waals surface area contributed by atoms with Crippen molar-refractivity contribution in [2.45, 2.75) is 5.92 Å². The van der Waals surface area contributed by atoms with E-state index in [4.69, 9.17) is 34.8 Å². The lowest BCUT2D eigenvalue weighted by molar-refractivity contribution is 0.465. The van der Waals surface area contributed by atoms with Crippen LogP contribution >= 0.6 is 34.8 Å². The molecule has 0 N–H and O–H groups in total. The predicted octanol–water partition coefficient (Wildman–Crippen LogP) is 4.53. The van der Waals surface area contributed by atoms with Crippen LogP contribution in [0, 0.1) is 6.92 Å². The molecule has 0 amide bonds. The highest BCUT2D eigenvalue weighted by Crippen LogP contribution is 2.33. The van der Waals surface area contributed by atoms with Crippen molar-refractivity contribution in [2.75, 3.05) is 6.67 Å². The second kappa shape index (κ2) is 4.50. The summed E-state index contributed by atoms with van der Waals surface area (Å²) in [6.45, 7) is 3.01. The van der Waals surface area contributed by atoms with Crippen LogP contribution in [-0.4, -0.2) is 6.67 Å². The van der Waals surface area contributed by atoms with E-state index in [-0.39, 0.29) is 0 Å². The van der Waals surface area contributed by atoms with Crippen LogP contribution < -0.4 is 0 Å². The fourth-order valence-electron chi connectivity index (χ4n) is 0.956. The molecule has 1 rings (SSSR count). The molecular formula is C9H7Cl3F. The number of halogens is 4. The summed E-state index contributed by atoms with van der Waals surface area (Å²) in [5, 5.41) is 1.08. The van der Waals surface area contributed by atoms with E-state index in [1.54, 1.807) is 6.07 Å². The van der Waals surface area contributed by atoms with Crippen LogP contribution in [0.3, 0.4) is 0 Å². The second-order valence-electron chi connectivity index (χ2n) is 2.64. The van der Waals surface area contributed by atoms with Gasteiger partial charge in [0, 0.05) is 10.9 Å². The van der Waals surface area contributed by atoms with Gasteiger partial charge in [0.15, 0.2) is 0 Å². The summed E-state index contributed by atoms with van der Waals surface area (Å²) in [6.07, 6.45) is 0. The number of benzene rings is 1. The van der Waals surface area contributed by atoms with Crippen LogP contribution in [0.5, 0.6) is 0 Å². The molecule has 1 atom stereocenters. The molecule has 0 aliphatic heterocycles. The predicted molar refractivity (Wildman–Crippen MR) is 55.5 cm³/mol. The monoisotopic (exact) mass is 239 g/mol. The topological polar surface area (TPSA) is 0 Å². The first kappa shape index (κ1) is 11.1. The average molecular weight is 241 g/mol. The van der Waals surface area contributed by atoms with Crippen LogP contribution in [-0.2, 0) is 0 Å². The van der Waals surface area contributed by atoms with Gasteiger partial charge < -0.3 is 0 Å². The van der Waals surface area contributed by atoms with Gasteiger partial charge in [-0.25, -0.2) is 0 Å². The zero-order valence-electron chi connectivity index (χ0n) is 6.66. The van der Waals surface area contributed by atoms with Gasteiger partial charge in [0.05, 0.1) is 16.7 Å². The molecule has 0 saturated carbocycles.